The van der Waals surface area contributed by atoms with Crippen LogP contribution in [0.4, 0.5) is 0 Å². The van der Waals surface area contributed by atoms with Gasteiger partial charge in [-0.15, -0.1) is 0 Å². The average Bonchev–Trinajstić information content (AvgIpc) is 2.66. The molecule has 1 aromatic rings. The van der Waals surface area contributed by atoms with Crippen molar-refractivity contribution in [2.75, 3.05) is 6.54 Å². The van der Waals surface area contributed by atoms with E-state index in [1.165, 1.54) is 0 Å². The monoisotopic (exact) mass is 241 g/mol. The lowest BCUT2D eigenvalue weighted by Gasteiger charge is -2.05. The molecule has 4 nitrogen and oxygen atoms in total. The van der Waals surface area contributed by atoms with Gasteiger partial charge in [0.05, 0.1) is 5.70 Å². The van der Waals surface area contributed by atoms with Crippen LogP contribution in [0.15, 0.2) is 21.2 Å². The lowest BCUT2D eigenvalue weighted by atomic mass is 10.1. The van der Waals surface area contributed by atoms with Gasteiger partial charge in [-0.3, -0.25) is 4.99 Å². The fourth-order valence-corrected chi connectivity index (χ4v) is 1.68. The van der Waals surface area contributed by atoms with Crippen LogP contribution in [-0.2, 0) is 0 Å². The van der Waals surface area contributed by atoms with Crippen LogP contribution in [0.2, 0.25) is 0 Å². The number of nitrogens with two attached hydrogens (primary N) is 1. The molecular formula is C11H16ClN3O. The van der Waals surface area contributed by atoms with E-state index in [9.17, 15) is 0 Å². The number of halogens is 1. The van der Waals surface area contributed by atoms with Crippen LogP contribution >= 0.6 is 11.6 Å². The van der Waals surface area contributed by atoms with Gasteiger partial charge in [-0.1, -0.05) is 23.7 Å². The maximum absolute atomic E-state index is 6.05. The van der Waals surface area contributed by atoms with Crippen molar-refractivity contribution < 1.29 is 4.52 Å². The molecular weight excluding hydrogens is 226 g/mol. The fraction of sp³-hybridized carbons (Fsp3) is 0.455. The van der Waals surface area contributed by atoms with E-state index in [1.54, 1.807) is 6.07 Å². The first-order valence-corrected chi connectivity index (χ1v) is 5.60. The second-order valence-electron chi connectivity index (χ2n) is 3.33. The number of nitrogens with zero attached hydrogens (tertiary/aromatic N) is 2. The molecule has 0 aliphatic heterocycles. The topological polar surface area (TPSA) is 64.4 Å². The van der Waals surface area contributed by atoms with Crippen LogP contribution in [0.3, 0.4) is 0 Å². The number of aryl methyl sites for hydroxylation is 1. The highest BCUT2D eigenvalue weighted by Crippen LogP contribution is 2.19. The Balaban J connectivity index is 3.13. The van der Waals surface area contributed by atoms with E-state index in [1.807, 2.05) is 20.8 Å². The summed E-state index contributed by atoms with van der Waals surface area (Å²) in [4.78, 5) is 4.13. The molecule has 1 aromatic heterocycles. The van der Waals surface area contributed by atoms with Gasteiger partial charge in [0, 0.05) is 18.2 Å². The predicted molar refractivity (Wildman–Crippen MR) is 66.5 cm³/mol. The van der Waals surface area contributed by atoms with Crippen molar-refractivity contribution >= 4 is 22.5 Å². The Bertz CT molecular complexity index is 421. The minimum Gasteiger partial charge on any atom is -0.397 e. The van der Waals surface area contributed by atoms with Gasteiger partial charge in [-0.25, -0.2) is 0 Å². The third kappa shape index (κ3) is 2.85. The lowest BCUT2D eigenvalue weighted by molar-refractivity contribution is 0.395. The largest absolute Gasteiger partial charge is 0.397 e. The van der Waals surface area contributed by atoms with Crippen molar-refractivity contribution in [1.29, 1.82) is 0 Å². The molecule has 0 amide bonds. The molecule has 0 unspecified atom stereocenters. The third-order valence-electron chi connectivity index (χ3n) is 2.13. The summed E-state index contributed by atoms with van der Waals surface area (Å²) in [6.07, 6.45) is 0.708. The summed E-state index contributed by atoms with van der Waals surface area (Å²) in [7, 11) is 0. The summed E-state index contributed by atoms with van der Waals surface area (Å²) < 4.78 is 4.97. The number of aliphatic imine (C=N–C) groups is 1. The Morgan fingerprint density at radius 3 is 2.69 bits per heavy atom. The molecule has 0 bridgehead atoms. The van der Waals surface area contributed by atoms with Crippen LogP contribution in [-0.4, -0.2) is 16.9 Å². The Morgan fingerprint density at radius 1 is 1.56 bits per heavy atom. The number of rotatable bonds is 4. The standard InChI is InChI=1S/C11H16ClN3O/c1-4-8(11(12)14-5-2)10(13)9-6-7(3)16-15-9/h6H,4-5,13H2,1-3H3/b10-8-,14-11?. The van der Waals surface area contributed by atoms with E-state index in [2.05, 4.69) is 10.1 Å². The molecule has 0 aromatic carbocycles. The molecule has 1 heterocycles. The molecule has 0 atom stereocenters. The van der Waals surface area contributed by atoms with E-state index in [4.69, 9.17) is 21.9 Å². The average molecular weight is 242 g/mol. The Hall–Kier alpha value is -1.29. The first-order valence-electron chi connectivity index (χ1n) is 5.22. The Morgan fingerprint density at radius 2 is 2.25 bits per heavy atom. The first-order chi connectivity index (χ1) is 7.60. The number of hydrogen-bond acceptors (Lipinski definition) is 4. The summed E-state index contributed by atoms with van der Waals surface area (Å²) in [5, 5.41) is 4.30. The van der Waals surface area contributed by atoms with Gasteiger partial charge in [0.15, 0.2) is 0 Å². The van der Waals surface area contributed by atoms with Crippen LogP contribution < -0.4 is 5.73 Å². The van der Waals surface area contributed by atoms with E-state index in [0.717, 1.165) is 11.3 Å². The van der Waals surface area contributed by atoms with Crippen molar-refractivity contribution in [2.45, 2.75) is 27.2 Å². The number of aromatic nitrogens is 1. The maximum Gasteiger partial charge on any atom is 0.134 e. The highest BCUT2D eigenvalue weighted by Gasteiger charge is 2.12. The molecule has 0 spiro atoms. The number of allylic oxidation sites excluding steroid dienone is 1. The molecule has 2 N–H and O–H groups in total. The van der Waals surface area contributed by atoms with Gasteiger partial charge in [-0.2, -0.15) is 0 Å². The van der Waals surface area contributed by atoms with E-state index in [0.29, 0.717) is 29.5 Å². The first kappa shape index (κ1) is 12.8. The highest BCUT2D eigenvalue weighted by atomic mass is 35.5. The van der Waals surface area contributed by atoms with E-state index < -0.39 is 0 Å². The molecule has 0 fully saturated rings. The molecule has 0 aliphatic rings. The molecule has 0 saturated carbocycles. The second kappa shape index (κ2) is 5.70. The van der Waals surface area contributed by atoms with Crippen LogP contribution in [0.25, 0.3) is 5.70 Å². The summed E-state index contributed by atoms with van der Waals surface area (Å²) in [5.74, 6) is 0.719. The normalized spacial score (nSPS) is 13.9. The van der Waals surface area contributed by atoms with Gasteiger partial charge < -0.3 is 10.3 Å². The van der Waals surface area contributed by atoms with Crippen LogP contribution in [0.5, 0.6) is 0 Å². The van der Waals surface area contributed by atoms with Crippen molar-refractivity contribution in [1.82, 2.24) is 5.16 Å². The van der Waals surface area contributed by atoms with Crippen molar-refractivity contribution in [2.24, 2.45) is 10.7 Å². The minimum absolute atomic E-state index is 0.447. The van der Waals surface area contributed by atoms with Gasteiger partial charge in [0.25, 0.3) is 0 Å². The molecule has 5 heteroatoms. The smallest absolute Gasteiger partial charge is 0.134 e. The predicted octanol–water partition coefficient (Wildman–Crippen LogP) is 2.72. The van der Waals surface area contributed by atoms with Crippen molar-refractivity contribution in [3.05, 3.63) is 23.1 Å². The molecule has 88 valence electrons. The van der Waals surface area contributed by atoms with E-state index in [-0.39, 0.29) is 0 Å². The molecule has 0 aliphatic carbocycles. The molecule has 0 saturated heterocycles. The van der Waals surface area contributed by atoms with Gasteiger partial charge in [0.1, 0.15) is 16.6 Å². The van der Waals surface area contributed by atoms with Gasteiger partial charge >= 0.3 is 0 Å². The SMILES string of the molecule is CCN=C(Cl)/C(CC)=C(\N)c1cc(C)on1. The van der Waals surface area contributed by atoms with Crippen LogP contribution in [0.1, 0.15) is 31.7 Å². The summed E-state index contributed by atoms with van der Waals surface area (Å²) in [6.45, 7) is 6.35. The zero-order valence-corrected chi connectivity index (χ0v) is 10.5. The summed E-state index contributed by atoms with van der Waals surface area (Å²) in [5.41, 5.74) is 7.93. The van der Waals surface area contributed by atoms with Gasteiger partial charge in [-0.05, 0) is 20.3 Å². The summed E-state index contributed by atoms with van der Waals surface area (Å²) >= 11 is 6.05. The Labute approximate surface area is 100 Å². The highest BCUT2D eigenvalue weighted by molar-refractivity contribution is 6.70. The maximum atomic E-state index is 6.05. The minimum atomic E-state index is 0.447. The third-order valence-corrected chi connectivity index (χ3v) is 2.48. The second-order valence-corrected chi connectivity index (χ2v) is 3.69. The zero-order chi connectivity index (χ0) is 12.1. The van der Waals surface area contributed by atoms with Gasteiger partial charge in [0.2, 0.25) is 0 Å². The summed E-state index contributed by atoms with van der Waals surface area (Å²) in [6, 6.07) is 1.78. The van der Waals surface area contributed by atoms with Crippen LogP contribution in [0, 0.1) is 6.92 Å². The lowest BCUT2D eigenvalue weighted by Crippen LogP contribution is -2.06. The fourth-order valence-electron chi connectivity index (χ4n) is 1.33. The van der Waals surface area contributed by atoms with Crippen molar-refractivity contribution in [3.63, 3.8) is 0 Å². The Kier molecular flexibility index (Phi) is 4.55. The van der Waals surface area contributed by atoms with Crippen molar-refractivity contribution in [3.8, 4) is 0 Å². The number of hydrogen-bond donors (Lipinski definition) is 1. The molecule has 0 radical (unpaired) electrons. The quantitative estimate of drug-likeness (QED) is 0.825. The zero-order valence-electron chi connectivity index (χ0n) is 9.75. The van der Waals surface area contributed by atoms with E-state index >= 15 is 0 Å². The molecule has 1 rings (SSSR count). The molecule has 16 heavy (non-hydrogen) atoms.